The summed E-state index contributed by atoms with van der Waals surface area (Å²) in [7, 11) is 0. The Labute approximate surface area is 204 Å². The number of benzene rings is 1. The molecule has 3 rings (SSSR count). The minimum absolute atomic E-state index is 0.0239. The van der Waals surface area contributed by atoms with Gasteiger partial charge in [0.15, 0.2) is 16.6 Å². The Hall–Kier alpha value is -2.75. The second kappa shape index (κ2) is 10.9. The van der Waals surface area contributed by atoms with Crippen molar-refractivity contribution in [3.05, 3.63) is 68.3 Å². The van der Waals surface area contributed by atoms with Crippen LogP contribution in [0, 0.1) is 13.8 Å². The van der Waals surface area contributed by atoms with E-state index in [0.717, 1.165) is 22.5 Å². The van der Waals surface area contributed by atoms with Crippen LogP contribution in [-0.2, 0) is 10.5 Å². The van der Waals surface area contributed by atoms with Crippen LogP contribution in [0.25, 0.3) is 0 Å². The van der Waals surface area contributed by atoms with Crippen molar-refractivity contribution >= 4 is 57.4 Å². The highest BCUT2D eigenvalue weighted by molar-refractivity contribution is 7.98. The highest BCUT2D eigenvalue weighted by Gasteiger charge is 2.26. The Kier molecular flexibility index (Phi) is 8.23. The molecule has 2 aromatic heterocycles. The maximum Gasteiger partial charge on any atom is 0.341 e. The number of nitrogens with zero attached hydrogens (tertiary/aromatic N) is 2. The molecule has 0 aliphatic carbocycles. The molecule has 1 N–H and O–H groups in total. The number of hydrogen-bond acceptors (Lipinski definition) is 8. The van der Waals surface area contributed by atoms with Crippen LogP contribution in [0.3, 0.4) is 0 Å². The summed E-state index contributed by atoms with van der Waals surface area (Å²) in [4.78, 5) is 46.4. The lowest BCUT2D eigenvalue weighted by Crippen LogP contribution is -2.17. The fourth-order valence-electron chi connectivity index (χ4n) is 3.04. The third-order valence-corrected chi connectivity index (χ3v) is 7.22. The SMILES string of the molecule is CCOC(=O)c1c(NC(=O)c2nc(SCc3ccccc3C)ncc2Cl)sc(C(C)=O)c1C. The van der Waals surface area contributed by atoms with E-state index in [9.17, 15) is 14.4 Å². The Morgan fingerprint density at radius 2 is 1.94 bits per heavy atom. The van der Waals surface area contributed by atoms with Crippen LogP contribution in [-0.4, -0.2) is 34.2 Å². The van der Waals surface area contributed by atoms with Crippen molar-refractivity contribution in [2.75, 3.05) is 11.9 Å². The number of amides is 1. The first-order chi connectivity index (χ1) is 15.7. The van der Waals surface area contributed by atoms with Crippen LogP contribution in [0.2, 0.25) is 5.02 Å². The van der Waals surface area contributed by atoms with E-state index in [4.69, 9.17) is 16.3 Å². The van der Waals surface area contributed by atoms with E-state index < -0.39 is 11.9 Å². The molecule has 0 aliphatic heterocycles. The predicted molar refractivity (Wildman–Crippen MR) is 131 cm³/mol. The summed E-state index contributed by atoms with van der Waals surface area (Å²) in [6.45, 7) is 6.92. The second-order valence-electron chi connectivity index (χ2n) is 7.06. The highest BCUT2D eigenvalue weighted by atomic mass is 35.5. The van der Waals surface area contributed by atoms with Gasteiger partial charge in [0, 0.05) is 5.75 Å². The van der Waals surface area contributed by atoms with Crippen LogP contribution >= 0.6 is 34.7 Å². The Balaban J connectivity index is 1.86. The first kappa shape index (κ1) is 24.9. The summed E-state index contributed by atoms with van der Waals surface area (Å²) >= 11 is 8.60. The van der Waals surface area contributed by atoms with Gasteiger partial charge in [-0.2, -0.15) is 0 Å². The van der Waals surface area contributed by atoms with Gasteiger partial charge in [-0.05, 0) is 44.4 Å². The third-order valence-electron chi connectivity index (χ3n) is 4.73. The molecule has 0 radical (unpaired) electrons. The van der Waals surface area contributed by atoms with E-state index >= 15 is 0 Å². The molecule has 2 heterocycles. The summed E-state index contributed by atoms with van der Waals surface area (Å²) in [5.74, 6) is -0.799. The summed E-state index contributed by atoms with van der Waals surface area (Å²) in [6, 6.07) is 7.98. The molecule has 1 amide bonds. The molecule has 0 spiro atoms. The van der Waals surface area contributed by atoms with E-state index in [1.807, 2.05) is 31.2 Å². The molecule has 0 saturated heterocycles. The van der Waals surface area contributed by atoms with Gasteiger partial charge in [-0.1, -0.05) is 47.6 Å². The van der Waals surface area contributed by atoms with Gasteiger partial charge in [-0.3, -0.25) is 9.59 Å². The van der Waals surface area contributed by atoms with E-state index in [1.165, 1.54) is 24.9 Å². The zero-order valence-electron chi connectivity index (χ0n) is 18.5. The first-order valence-corrected chi connectivity index (χ1v) is 12.2. The number of thiophene rings is 1. The topological polar surface area (TPSA) is 98.2 Å². The number of carbonyl (C=O) groups is 3. The molecule has 10 heteroatoms. The number of thioether (sulfide) groups is 1. The normalized spacial score (nSPS) is 10.7. The Bertz CT molecular complexity index is 1230. The molecule has 0 unspecified atom stereocenters. The Morgan fingerprint density at radius 3 is 2.61 bits per heavy atom. The van der Waals surface area contributed by atoms with E-state index in [0.29, 0.717) is 21.3 Å². The van der Waals surface area contributed by atoms with Crippen LogP contribution in [0.1, 0.15) is 61.1 Å². The maximum atomic E-state index is 13.0. The summed E-state index contributed by atoms with van der Waals surface area (Å²) in [5, 5.41) is 3.36. The molecule has 33 heavy (non-hydrogen) atoms. The zero-order valence-corrected chi connectivity index (χ0v) is 20.9. The van der Waals surface area contributed by atoms with Crippen molar-refractivity contribution in [2.45, 2.75) is 38.6 Å². The van der Waals surface area contributed by atoms with Gasteiger partial charge in [0.05, 0.1) is 28.3 Å². The molecule has 0 aliphatic rings. The average Bonchev–Trinajstić information content (AvgIpc) is 3.10. The van der Waals surface area contributed by atoms with Crippen molar-refractivity contribution in [3.8, 4) is 0 Å². The predicted octanol–water partition coefficient (Wildman–Crippen LogP) is 5.73. The number of ketones is 1. The number of halogens is 1. The summed E-state index contributed by atoms with van der Waals surface area (Å²) in [5.41, 5.74) is 2.88. The lowest BCUT2D eigenvalue weighted by atomic mass is 10.1. The third kappa shape index (κ3) is 5.79. The summed E-state index contributed by atoms with van der Waals surface area (Å²) in [6.07, 6.45) is 1.37. The zero-order chi connectivity index (χ0) is 24.1. The fraction of sp³-hybridized carbons (Fsp3) is 0.261. The van der Waals surface area contributed by atoms with Crippen molar-refractivity contribution < 1.29 is 19.1 Å². The van der Waals surface area contributed by atoms with Gasteiger partial charge < -0.3 is 10.1 Å². The van der Waals surface area contributed by atoms with E-state index in [-0.39, 0.29) is 33.7 Å². The molecule has 1 aromatic carbocycles. The van der Waals surface area contributed by atoms with Crippen molar-refractivity contribution in [3.63, 3.8) is 0 Å². The van der Waals surface area contributed by atoms with E-state index in [1.54, 1.807) is 13.8 Å². The lowest BCUT2D eigenvalue weighted by molar-refractivity contribution is 0.0527. The molecule has 0 saturated carbocycles. The van der Waals surface area contributed by atoms with Crippen molar-refractivity contribution in [1.82, 2.24) is 9.97 Å². The van der Waals surface area contributed by atoms with Gasteiger partial charge >= 0.3 is 5.97 Å². The van der Waals surface area contributed by atoms with Gasteiger partial charge in [0.25, 0.3) is 5.91 Å². The lowest BCUT2D eigenvalue weighted by Gasteiger charge is -2.09. The van der Waals surface area contributed by atoms with Gasteiger partial charge in [0.2, 0.25) is 0 Å². The van der Waals surface area contributed by atoms with Crippen LogP contribution < -0.4 is 5.32 Å². The largest absolute Gasteiger partial charge is 0.462 e. The molecule has 0 bridgehead atoms. The molecule has 172 valence electrons. The highest BCUT2D eigenvalue weighted by Crippen LogP contribution is 2.35. The smallest absolute Gasteiger partial charge is 0.341 e. The number of anilines is 1. The molecular formula is C23H22ClN3O4S2. The van der Waals surface area contributed by atoms with Crippen LogP contribution in [0.4, 0.5) is 5.00 Å². The number of ether oxygens (including phenoxy) is 1. The summed E-state index contributed by atoms with van der Waals surface area (Å²) < 4.78 is 5.11. The maximum absolute atomic E-state index is 13.0. The number of aryl methyl sites for hydroxylation is 1. The minimum atomic E-state index is -0.614. The average molecular weight is 504 g/mol. The van der Waals surface area contributed by atoms with Gasteiger partial charge in [-0.25, -0.2) is 14.8 Å². The van der Waals surface area contributed by atoms with Crippen LogP contribution in [0.15, 0.2) is 35.6 Å². The van der Waals surface area contributed by atoms with Gasteiger partial charge in [-0.15, -0.1) is 11.3 Å². The number of nitrogens with one attached hydrogen (secondary N) is 1. The molecular weight excluding hydrogens is 482 g/mol. The molecule has 0 atom stereocenters. The van der Waals surface area contributed by atoms with E-state index in [2.05, 4.69) is 15.3 Å². The molecule has 7 nitrogen and oxygen atoms in total. The quantitative estimate of drug-likeness (QED) is 0.181. The number of rotatable bonds is 8. The number of Topliss-reactive ketones (excluding diaryl/α,β-unsaturated/α-hetero) is 1. The number of carbonyl (C=O) groups excluding carboxylic acids is 3. The number of hydrogen-bond donors (Lipinski definition) is 1. The molecule has 0 fully saturated rings. The van der Waals surface area contributed by atoms with Crippen molar-refractivity contribution in [1.29, 1.82) is 0 Å². The Morgan fingerprint density at radius 1 is 1.21 bits per heavy atom. The minimum Gasteiger partial charge on any atom is -0.462 e. The molecule has 3 aromatic rings. The fourth-order valence-corrected chi connectivity index (χ4v) is 5.20. The number of aromatic nitrogens is 2. The van der Waals surface area contributed by atoms with Crippen LogP contribution in [0.5, 0.6) is 0 Å². The van der Waals surface area contributed by atoms with Gasteiger partial charge in [0.1, 0.15) is 5.00 Å². The van der Waals surface area contributed by atoms with Crippen molar-refractivity contribution in [2.24, 2.45) is 0 Å². The first-order valence-electron chi connectivity index (χ1n) is 10.1. The second-order valence-corrected chi connectivity index (χ2v) is 9.43. The number of esters is 1. The monoisotopic (exact) mass is 503 g/mol. The standard InChI is InChI=1S/C23H22ClN3O4S2/c1-5-31-22(30)17-13(3)19(14(4)28)33-21(17)27-20(29)18-16(24)10-25-23(26-18)32-11-15-9-7-6-8-12(15)2/h6-10H,5,11H2,1-4H3,(H,27,29).